The number of phenolic OH excluding ortho intramolecular Hbond substituents is 1. The average molecular weight is 530 g/mol. The van der Waals surface area contributed by atoms with Gasteiger partial charge in [-0.15, -0.1) is 0 Å². The summed E-state index contributed by atoms with van der Waals surface area (Å²) >= 11 is 0. The second-order valence-electron chi connectivity index (χ2n) is 10.3. The molecule has 0 spiro atoms. The monoisotopic (exact) mass is 529 g/mol. The molecular formula is C30H31N3O6. The van der Waals surface area contributed by atoms with Gasteiger partial charge >= 0.3 is 5.69 Å². The summed E-state index contributed by atoms with van der Waals surface area (Å²) < 4.78 is 5.77. The molecule has 3 aromatic rings. The molecule has 2 aliphatic rings. The Morgan fingerprint density at radius 2 is 1.69 bits per heavy atom. The Bertz CT molecular complexity index is 1380. The summed E-state index contributed by atoms with van der Waals surface area (Å²) in [5, 5.41) is 23.7. The standard InChI is InChI=1S/C30H31N3O6/c1-19-16-28(34)27(33(37)38)17-26(19)29(35)31-24-8-4-21(5-9-24)22-12-14-32(15-13-22)30(36)23-6-10-25(11-7-23)39-18-20-2-3-20/h4-11,16-17,20,22,34H,2-3,12-15,18H2,1H3,(H,31,35). The Hall–Kier alpha value is -4.40. The first kappa shape index (κ1) is 26.2. The highest BCUT2D eigenvalue weighted by Gasteiger charge is 2.26. The number of likely N-dealkylation sites (tertiary alicyclic amines) is 1. The van der Waals surface area contributed by atoms with Gasteiger partial charge < -0.3 is 20.1 Å². The van der Waals surface area contributed by atoms with E-state index in [1.54, 1.807) is 6.92 Å². The van der Waals surface area contributed by atoms with Crippen molar-refractivity contribution < 1.29 is 24.4 Å². The number of hydrogen-bond donors (Lipinski definition) is 2. The van der Waals surface area contributed by atoms with Crippen molar-refractivity contribution >= 4 is 23.2 Å². The third kappa shape index (κ3) is 6.19. The lowest BCUT2D eigenvalue weighted by Gasteiger charge is -2.32. The zero-order valence-corrected chi connectivity index (χ0v) is 21.8. The van der Waals surface area contributed by atoms with Crippen LogP contribution in [0.1, 0.15) is 63.4 Å². The van der Waals surface area contributed by atoms with Crippen molar-refractivity contribution in [2.75, 3.05) is 25.0 Å². The van der Waals surface area contributed by atoms with E-state index in [0.29, 0.717) is 41.7 Å². The van der Waals surface area contributed by atoms with Crippen molar-refractivity contribution in [3.63, 3.8) is 0 Å². The van der Waals surface area contributed by atoms with Crippen molar-refractivity contribution in [3.8, 4) is 11.5 Å². The molecule has 5 rings (SSSR count). The van der Waals surface area contributed by atoms with Crippen LogP contribution in [0.4, 0.5) is 11.4 Å². The van der Waals surface area contributed by atoms with Crippen LogP contribution in [0.5, 0.6) is 11.5 Å². The molecule has 2 N–H and O–H groups in total. The van der Waals surface area contributed by atoms with Crippen molar-refractivity contribution in [3.05, 3.63) is 93.0 Å². The second-order valence-corrected chi connectivity index (χ2v) is 10.3. The molecule has 3 aromatic carbocycles. The van der Waals surface area contributed by atoms with Crippen LogP contribution >= 0.6 is 0 Å². The maximum absolute atomic E-state index is 13.0. The molecule has 0 unspecified atom stereocenters. The molecular weight excluding hydrogens is 498 g/mol. The van der Waals surface area contributed by atoms with E-state index in [4.69, 9.17) is 4.74 Å². The first-order chi connectivity index (χ1) is 18.8. The molecule has 0 bridgehead atoms. The van der Waals surface area contributed by atoms with Crippen LogP contribution in [0.15, 0.2) is 60.7 Å². The van der Waals surface area contributed by atoms with E-state index in [-0.39, 0.29) is 11.5 Å². The van der Waals surface area contributed by atoms with Gasteiger partial charge in [-0.1, -0.05) is 12.1 Å². The van der Waals surface area contributed by atoms with E-state index in [2.05, 4.69) is 5.32 Å². The molecule has 39 heavy (non-hydrogen) atoms. The van der Waals surface area contributed by atoms with Gasteiger partial charge in [0.2, 0.25) is 0 Å². The van der Waals surface area contributed by atoms with Crippen molar-refractivity contribution in [2.24, 2.45) is 5.92 Å². The summed E-state index contributed by atoms with van der Waals surface area (Å²) in [5.41, 5.74) is 2.42. The van der Waals surface area contributed by atoms with Crippen LogP contribution in [0.25, 0.3) is 0 Å². The minimum absolute atomic E-state index is 0.0324. The Kier molecular flexibility index (Phi) is 7.49. The smallest absolute Gasteiger partial charge is 0.311 e. The molecule has 202 valence electrons. The number of carbonyl (C=O) groups is 2. The second kappa shape index (κ2) is 11.1. The minimum Gasteiger partial charge on any atom is -0.502 e. The number of aromatic hydroxyl groups is 1. The molecule has 2 fully saturated rings. The van der Waals surface area contributed by atoms with E-state index in [1.807, 2.05) is 53.4 Å². The van der Waals surface area contributed by atoms with Crippen LogP contribution in [0, 0.1) is 23.0 Å². The van der Waals surface area contributed by atoms with Crippen LogP contribution in [0.3, 0.4) is 0 Å². The predicted octanol–water partition coefficient (Wildman–Crippen LogP) is 5.67. The van der Waals surface area contributed by atoms with E-state index in [1.165, 1.54) is 18.9 Å². The van der Waals surface area contributed by atoms with Crippen LogP contribution in [-0.4, -0.2) is 46.4 Å². The van der Waals surface area contributed by atoms with Gasteiger partial charge in [0.1, 0.15) is 5.75 Å². The fraction of sp³-hybridized carbons (Fsp3) is 0.333. The summed E-state index contributed by atoms with van der Waals surface area (Å²) in [5.74, 6) is 0.860. The number of nitro benzene ring substituents is 1. The largest absolute Gasteiger partial charge is 0.502 e. The predicted molar refractivity (Wildman–Crippen MR) is 146 cm³/mol. The van der Waals surface area contributed by atoms with Gasteiger partial charge in [0.15, 0.2) is 5.75 Å². The number of amides is 2. The number of phenols is 1. The number of nitro groups is 1. The molecule has 0 radical (unpaired) electrons. The number of ether oxygens (including phenoxy) is 1. The third-order valence-electron chi connectivity index (χ3n) is 7.47. The van der Waals surface area contributed by atoms with Crippen molar-refractivity contribution in [1.29, 1.82) is 0 Å². The number of aryl methyl sites for hydroxylation is 1. The quantitative estimate of drug-likeness (QED) is 0.286. The average Bonchev–Trinajstić information content (AvgIpc) is 3.77. The van der Waals surface area contributed by atoms with Crippen LogP contribution < -0.4 is 10.1 Å². The number of nitrogens with zero attached hydrogens (tertiary/aromatic N) is 2. The molecule has 2 amide bonds. The minimum atomic E-state index is -0.722. The van der Waals surface area contributed by atoms with Crippen LogP contribution in [-0.2, 0) is 0 Å². The van der Waals surface area contributed by atoms with Gasteiger partial charge in [0.05, 0.1) is 11.5 Å². The van der Waals surface area contributed by atoms with E-state index < -0.39 is 22.3 Å². The highest BCUT2D eigenvalue weighted by Crippen LogP contribution is 2.32. The first-order valence-electron chi connectivity index (χ1n) is 13.2. The van der Waals surface area contributed by atoms with Gasteiger partial charge in [-0.05, 0) is 98.0 Å². The highest BCUT2D eigenvalue weighted by molar-refractivity contribution is 6.06. The number of rotatable bonds is 8. The van der Waals surface area contributed by atoms with E-state index >= 15 is 0 Å². The Labute approximate surface area is 226 Å². The molecule has 0 aromatic heterocycles. The number of hydrogen-bond acceptors (Lipinski definition) is 6. The van der Waals surface area contributed by atoms with Gasteiger partial charge in [-0.25, -0.2) is 0 Å². The van der Waals surface area contributed by atoms with Crippen LogP contribution in [0.2, 0.25) is 0 Å². The Balaban J connectivity index is 1.14. The summed E-state index contributed by atoms with van der Waals surface area (Å²) in [6.07, 6.45) is 4.16. The molecule has 1 saturated heterocycles. The summed E-state index contributed by atoms with van der Waals surface area (Å²) in [6.45, 7) is 3.69. The molecule has 0 atom stereocenters. The summed E-state index contributed by atoms with van der Waals surface area (Å²) in [6, 6.07) is 17.2. The number of nitrogens with one attached hydrogen (secondary N) is 1. The number of anilines is 1. The molecule has 1 aliphatic carbocycles. The number of piperidine rings is 1. The van der Waals surface area contributed by atoms with Crippen molar-refractivity contribution in [2.45, 2.75) is 38.5 Å². The maximum atomic E-state index is 13.0. The summed E-state index contributed by atoms with van der Waals surface area (Å²) in [7, 11) is 0. The fourth-order valence-corrected chi connectivity index (χ4v) is 4.90. The molecule has 9 heteroatoms. The molecule has 1 saturated carbocycles. The van der Waals surface area contributed by atoms with Crippen molar-refractivity contribution in [1.82, 2.24) is 4.90 Å². The number of carbonyl (C=O) groups excluding carboxylic acids is 2. The van der Waals surface area contributed by atoms with Gasteiger partial charge in [-0.2, -0.15) is 0 Å². The lowest BCUT2D eigenvalue weighted by atomic mass is 9.89. The summed E-state index contributed by atoms with van der Waals surface area (Å²) in [4.78, 5) is 38.0. The van der Waals surface area contributed by atoms with Gasteiger partial charge in [0.25, 0.3) is 11.8 Å². The topological polar surface area (TPSA) is 122 Å². The third-order valence-corrected chi connectivity index (χ3v) is 7.47. The van der Waals surface area contributed by atoms with Gasteiger partial charge in [-0.3, -0.25) is 19.7 Å². The zero-order chi connectivity index (χ0) is 27.5. The lowest BCUT2D eigenvalue weighted by molar-refractivity contribution is -0.385. The Morgan fingerprint density at radius 3 is 2.31 bits per heavy atom. The number of benzene rings is 3. The SMILES string of the molecule is Cc1cc(O)c([N+](=O)[O-])cc1C(=O)Nc1ccc(C2CCN(C(=O)c3ccc(OCC4CC4)cc3)CC2)cc1. The normalized spacial score (nSPS) is 15.6. The Morgan fingerprint density at radius 1 is 1.03 bits per heavy atom. The highest BCUT2D eigenvalue weighted by atomic mass is 16.6. The fourth-order valence-electron chi connectivity index (χ4n) is 4.90. The lowest BCUT2D eigenvalue weighted by Crippen LogP contribution is -2.37. The van der Waals surface area contributed by atoms with E-state index in [0.717, 1.165) is 36.8 Å². The van der Waals surface area contributed by atoms with E-state index in [9.17, 15) is 24.8 Å². The first-order valence-corrected chi connectivity index (χ1v) is 13.2. The molecule has 1 aliphatic heterocycles. The molecule has 1 heterocycles. The maximum Gasteiger partial charge on any atom is 0.311 e. The molecule has 9 nitrogen and oxygen atoms in total. The zero-order valence-electron chi connectivity index (χ0n) is 21.8. The van der Waals surface area contributed by atoms with Gasteiger partial charge in [0, 0.05) is 36.0 Å².